The molecule has 0 spiro atoms. The summed E-state index contributed by atoms with van der Waals surface area (Å²) in [6.07, 6.45) is 4.22. The lowest BCUT2D eigenvalue weighted by molar-refractivity contribution is -0.123. The largest absolute Gasteiger partial charge is 0.347 e. The van der Waals surface area contributed by atoms with Gasteiger partial charge in [-0.15, -0.1) is 11.6 Å². The zero-order chi connectivity index (χ0) is 11.6. The number of halogens is 1. The number of rotatable bonds is 3. The van der Waals surface area contributed by atoms with Crippen molar-refractivity contribution < 1.29 is 9.53 Å². The number of alkyl halides is 1. The number of carbonyl (C=O) groups is 1. The van der Waals surface area contributed by atoms with E-state index in [0.717, 1.165) is 17.5 Å². The summed E-state index contributed by atoms with van der Waals surface area (Å²) in [5.41, 5.74) is 0.933. The summed E-state index contributed by atoms with van der Waals surface area (Å²) in [5, 5.41) is 0. The molecule has 0 radical (unpaired) electrons. The molecular weight excluding hydrogens is 228 g/mol. The van der Waals surface area contributed by atoms with Gasteiger partial charge in [0.15, 0.2) is 12.0 Å². The van der Waals surface area contributed by atoms with Crippen LogP contribution in [0.4, 0.5) is 5.69 Å². The average molecular weight is 241 g/mol. The lowest BCUT2D eigenvalue weighted by Crippen LogP contribution is -2.44. The van der Waals surface area contributed by atoms with Crippen molar-refractivity contribution in [3.63, 3.8) is 0 Å². The molecule has 4 nitrogen and oxygen atoms in total. The van der Waals surface area contributed by atoms with E-state index in [1.54, 1.807) is 19.3 Å². The van der Waals surface area contributed by atoms with Crippen LogP contribution in [0.15, 0.2) is 18.5 Å². The van der Waals surface area contributed by atoms with E-state index in [4.69, 9.17) is 16.3 Å². The molecule has 0 aromatic carbocycles. The first kappa shape index (κ1) is 11.4. The van der Waals surface area contributed by atoms with Gasteiger partial charge in [0.05, 0.1) is 12.5 Å². The van der Waals surface area contributed by atoms with E-state index in [9.17, 15) is 4.79 Å². The third-order valence-electron chi connectivity index (χ3n) is 2.78. The average Bonchev–Trinajstić information content (AvgIpc) is 2.72. The van der Waals surface area contributed by atoms with Crippen molar-refractivity contribution in [3.05, 3.63) is 24.0 Å². The Bertz CT molecular complexity index is 399. The fraction of sp³-hybridized carbons (Fsp3) is 0.455. The first-order valence-electron chi connectivity index (χ1n) is 5.08. The SMILES string of the molecule is CC1(C=O)OCCN1c1ccncc1CCl. The number of carbonyl (C=O) groups excluding carboxylic acids is 1. The third kappa shape index (κ3) is 1.79. The van der Waals surface area contributed by atoms with Gasteiger partial charge in [-0.3, -0.25) is 9.78 Å². The molecule has 0 saturated carbocycles. The van der Waals surface area contributed by atoms with Gasteiger partial charge >= 0.3 is 0 Å². The first-order chi connectivity index (χ1) is 7.71. The number of pyridine rings is 1. The molecule has 0 N–H and O–H groups in total. The lowest BCUT2D eigenvalue weighted by Gasteiger charge is -2.31. The zero-order valence-electron chi connectivity index (χ0n) is 9.02. The van der Waals surface area contributed by atoms with E-state index in [0.29, 0.717) is 19.0 Å². The van der Waals surface area contributed by atoms with E-state index in [-0.39, 0.29) is 0 Å². The monoisotopic (exact) mass is 240 g/mol. The van der Waals surface area contributed by atoms with Crippen molar-refractivity contribution >= 4 is 23.6 Å². The molecule has 1 atom stereocenters. The second-order valence-corrected chi connectivity index (χ2v) is 4.08. The van der Waals surface area contributed by atoms with Gasteiger partial charge in [0.1, 0.15) is 0 Å². The molecule has 1 saturated heterocycles. The minimum Gasteiger partial charge on any atom is -0.347 e. The Morgan fingerprint density at radius 3 is 3.25 bits per heavy atom. The van der Waals surface area contributed by atoms with Crippen LogP contribution in [-0.2, 0) is 15.4 Å². The molecular formula is C11H13ClN2O2. The van der Waals surface area contributed by atoms with Crippen molar-refractivity contribution in [1.29, 1.82) is 0 Å². The molecule has 1 aromatic rings. The van der Waals surface area contributed by atoms with Gasteiger partial charge in [-0.25, -0.2) is 0 Å². The van der Waals surface area contributed by atoms with Crippen LogP contribution < -0.4 is 4.90 Å². The highest BCUT2D eigenvalue weighted by Crippen LogP contribution is 2.31. The Kier molecular flexibility index (Phi) is 3.12. The molecule has 0 amide bonds. The summed E-state index contributed by atoms with van der Waals surface area (Å²) < 4.78 is 5.45. The number of hydrogen-bond donors (Lipinski definition) is 0. The summed E-state index contributed by atoms with van der Waals surface area (Å²) in [5.74, 6) is 0.370. The van der Waals surface area contributed by atoms with Crippen molar-refractivity contribution in [2.75, 3.05) is 18.1 Å². The van der Waals surface area contributed by atoms with Crippen molar-refractivity contribution in [1.82, 2.24) is 4.98 Å². The van der Waals surface area contributed by atoms with E-state index in [1.165, 1.54) is 0 Å². The van der Waals surface area contributed by atoms with Crippen LogP contribution in [-0.4, -0.2) is 30.1 Å². The van der Waals surface area contributed by atoms with Crippen LogP contribution in [0.3, 0.4) is 0 Å². The van der Waals surface area contributed by atoms with Gasteiger partial charge in [0.25, 0.3) is 0 Å². The molecule has 0 bridgehead atoms. The maximum absolute atomic E-state index is 11.1. The summed E-state index contributed by atoms with van der Waals surface area (Å²) in [4.78, 5) is 17.0. The van der Waals surface area contributed by atoms with Crippen LogP contribution in [0.2, 0.25) is 0 Å². The number of nitrogens with zero attached hydrogens (tertiary/aromatic N) is 2. The molecule has 1 unspecified atom stereocenters. The van der Waals surface area contributed by atoms with Crippen LogP contribution in [0, 0.1) is 0 Å². The van der Waals surface area contributed by atoms with Crippen molar-refractivity contribution in [2.24, 2.45) is 0 Å². The minimum absolute atomic E-state index is 0.370. The summed E-state index contributed by atoms with van der Waals surface area (Å²) >= 11 is 5.85. The number of aromatic nitrogens is 1. The fourth-order valence-electron chi connectivity index (χ4n) is 1.89. The predicted molar refractivity (Wildman–Crippen MR) is 61.6 cm³/mol. The summed E-state index contributed by atoms with van der Waals surface area (Å²) in [6.45, 7) is 2.98. The number of ether oxygens (including phenoxy) is 1. The van der Waals surface area contributed by atoms with Crippen molar-refractivity contribution in [2.45, 2.75) is 18.5 Å². The highest BCUT2D eigenvalue weighted by molar-refractivity contribution is 6.17. The topological polar surface area (TPSA) is 42.4 Å². The van der Waals surface area contributed by atoms with Gasteiger partial charge in [-0.2, -0.15) is 0 Å². The van der Waals surface area contributed by atoms with Gasteiger partial charge in [0, 0.05) is 30.2 Å². The van der Waals surface area contributed by atoms with E-state index in [2.05, 4.69) is 4.98 Å². The Labute approximate surface area is 99.2 Å². The van der Waals surface area contributed by atoms with Gasteiger partial charge in [-0.05, 0) is 13.0 Å². The zero-order valence-corrected chi connectivity index (χ0v) is 9.78. The summed E-state index contributed by atoms with van der Waals surface area (Å²) in [6, 6.07) is 1.86. The maximum Gasteiger partial charge on any atom is 0.194 e. The second kappa shape index (κ2) is 4.39. The Balaban J connectivity index is 2.40. The normalized spacial score (nSPS) is 24.8. The molecule has 2 rings (SSSR count). The van der Waals surface area contributed by atoms with Crippen LogP contribution in [0.5, 0.6) is 0 Å². The molecule has 5 heteroatoms. The smallest absolute Gasteiger partial charge is 0.194 e. The number of hydrogen-bond acceptors (Lipinski definition) is 4. The van der Waals surface area contributed by atoms with Gasteiger partial charge < -0.3 is 9.64 Å². The minimum atomic E-state index is -0.887. The van der Waals surface area contributed by atoms with E-state index < -0.39 is 5.72 Å². The lowest BCUT2D eigenvalue weighted by atomic mass is 10.2. The molecule has 0 aliphatic carbocycles. The van der Waals surface area contributed by atoms with Crippen LogP contribution in [0.25, 0.3) is 0 Å². The van der Waals surface area contributed by atoms with Crippen molar-refractivity contribution in [3.8, 4) is 0 Å². The maximum atomic E-state index is 11.1. The molecule has 1 fully saturated rings. The Hall–Kier alpha value is -1.13. The third-order valence-corrected chi connectivity index (χ3v) is 3.06. The number of anilines is 1. The predicted octanol–water partition coefficient (Wildman–Crippen LogP) is 1.57. The first-order valence-corrected chi connectivity index (χ1v) is 5.61. The number of aldehydes is 1. The molecule has 16 heavy (non-hydrogen) atoms. The molecule has 2 heterocycles. The molecule has 1 aliphatic heterocycles. The van der Waals surface area contributed by atoms with Gasteiger partial charge in [-0.1, -0.05) is 0 Å². The van der Waals surface area contributed by atoms with E-state index in [1.807, 2.05) is 11.0 Å². The molecule has 1 aromatic heterocycles. The quantitative estimate of drug-likeness (QED) is 0.594. The van der Waals surface area contributed by atoms with Crippen LogP contribution >= 0.6 is 11.6 Å². The molecule has 1 aliphatic rings. The highest BCUT2D eigenvalue weighted by atomic mass is 35.5. The van der Waals surface area contributed by atoms with Crippen LogP contribution in [0.1, 0.15) is 12.5 Å². The second-order valence-electron chi connectivity index (χ2n) is 3.81. The standard InChI is InChI=1S/C11H13ClN2O2/c1-11(8-15)14(4-5-16-11)10-2-3-13-7-9(10)6-12/h2-3,7-8H,4-6H2,1H3. The Morgan fingerprint density at radius 1 is 1.75 bits per heavy atom. The Morgan fingerprint density at radius 2 is 2.56 bits per heavy atom. The van der Waals surface area contributed by atoms with Gasteiger partial charge in [0.2, 0.25) is 0 Å². The highest BCUT2D eigenvalue weighted by Gasteiger charge is 2.38. The summed E-state index contributed by atoms with van der Waals surface area (Å²) in [7, 11) is 0. The molecule has 86 valence electrons. The van der Waals surface area contributed by atoms with E-state index >= 15 is 0 Å². The fourth-order valence-corrected chi connectivity index (χ4v) is 2.09.